The summed E-state index contributed by atoms with van der Waals surface area (Å²) >= 11 is 6.27. The number of hydrogen-bond donors (Lipinski definition) is 0. The highest BCUT2D eigenvalue weighted by atomic mass is 35.5. The number of oxazole rings is 1. The summed E-state index contributed by atoms with van der Waals surface area (Å²) in [6.07, 6.45) is -0.331. The van der Waals surface area contributed by atoms with E-state index in [9.17, 15) is 9.18 Å². The number of benzene rings is 1. The third-order valence-electron chi connectivity index (χ3n) is 4.96. The van der Waals surface area contributed by atoms with Crippen molar-refractivity contribution >= 4 is 34.8 Å². The molecule has 4 rings (SSSR count). The van der Waals surface area contributed by atoms with Gasteiger partial charge in [-0.3, -0.25) is 0 Å². The van der Waals surface area contributed by atoms with Crippen LogP contribution in [0.25, 0.3) is 22.4 Å². The van der Waals surface area contributed by atoms with Crippen LogP contribution < -0.4 is 4.90 Å². The standard InChI is InChI=1S/C22H24ClFN4O3/c1-13-12-27(21(29)31-22(2,3)4)8-9-28(13)20-26-17-11-14(23)10-15(19(17)30-20)16-6-5-7-18(24)25-16/h5-7,10-11,13H,8-9,12H2,1-4H3. The monoisotopic (exact) mass is 446 g/mol. The van der Waals surface area contributed by atoms with Gasteiger partial charge in [0.15, 0.2) is 5.58 Å². The number of pyridine rings is 1. The first-order chi connectivity index (χ1) is 14.6. The third kappa shape index (κ3) is 4.58. The lowest BCUT2D eigenvalue weighted by molar-refractivity contribution is 0.0216. The van der Waals surface area contributed by atoms with Gasteiger partial charge in [0.2, 0.25) is 5.95 Å². The van der Waals surface area contributed by atoms with Gasteiger partial charge in [0, 0.05) is 36.3 Å². The number of aromatic nitrogens is 2. The van der Waals surface area contributed by atoms with Gasteiger partial charge in [-0.05, 0) is 52.0 Å². The molecule has 1 saturated heterocycles. The number of amides is 1. The molecule has 1 atom stereocenters. The molecule has 1 fully saturated rings. The van der Waals surface area contributed by atoms with E-state index < -0.39 is 11.5 Å². The minimum Gasteiger partial charge on any atom is -0.444 e. The quantitative estimate of drug-likeness (QED) is 0.508. The van der Waals surface area contributed by atoms with Crippen LogP contribution in [0, 0.1) is 5.95 Å². The van der Waals surface area contributed by atoms with Crippen molar-refractivity contribution in [3.8, 4) is 11.3 Å². The molecule has 164 valence electrons. The zero-order valence-electron chi connectivity index (χ0n) is 17.9. The summed E-state index contributed by atoms with van der Waals surface area (Å²) < 4.78 is 25.2. The summed E-state index contributed by atoms with van der Waals surface area (Å²) in [4.78, 5) is 24.6. The van der Waals surface area contributed by atoms with Crippen LogP contribution in [-0.4, -0.2) is 52.2 Å². The van der Waals surface area contributed by atoms with Crippen LogP contribution in [0.2, 0.25) is 5.02 Å². The van der Waals surface area contributed by atoms with Crippen LogP contribution in [0.4, 0.5) is 15.2 Å². The highest BCUT2D eigenvalue weighted by Crippen LogP contribution is 2.34. The number of ether oxygens (including phenoxy) is 1. The Morgan fingerprint density at radius 2 is 2.03 bits per heavy atom. The summed E-state index contributed by atoms with van der Waals surface area (Å²) in [6.45, 7) is 9.03. The smallest absolute Gasteiger partial charge is 0.410 e. The molecule has 9 heteroatoms. The van der Waals surface area contributed by atoms with E-state index in [1.807, 2.05) is 32.6 Å². The Hall–Kier alpha value is -2.87. The van der Waals surface area contributed by atoms with Crippen LogP contribution >= 0.6 is 11.6 Å². The number of carbonyl (C=O) groups excluding carboxylic acids is 1. The van der Waals surface area contributed by atoms with E-state index in [-0.39, 0.29) is 12.1 Å². The molecule has 1 aliphatic rings. The summed E-state index contributed by atoms with van der Waals surface area (Å²) in [5.41, 5.74) is 1.49. The average Bonchev–Trinajstić information content (AvgIpc) is 3.09. The van der Waals surface area contributed by atoms with Gasteiger partial charge in [-0.1, -0.05) is 17.7 Å². The first kappa shape index (κ1) is 21.4. The highest BCUT2D eigenvalue weighted by Gasteiger charge is 2.32. The Balaban J connectivity index is 1.61. The number of anilines is 1. The van der Waals surface area contributed by atoms with Gasteiger partial charge in [0.05, 0.1) is 5.69 Å². The molecule has 3 heterocycles. The van der Waals surface area contributed by atoms with Crippen molar-refractivity contribution in [2.75, 3.05) is 24.5 Å². The van der Waals surface area contributed by atoms with Crippen LogP contribution in [0.3, 0.4) is 0 Å². The lowest BCUT2D eigenvalue weighted by atomic mass is 10.1. The maximum atomic E-state index is 13.7. The first-order valence-corrected chi connectivity index (χ1v) is 10.5. The number of carbonyl (C=O) groups is 1. The number of halogens is 2. The second-order valence-electron chi connectivity index (χ2n) is 8.61. The van der Waals surface area contributed by atoms with Crippen LogP contribution in [0.15, 0.2) is 34.7 Å². The molecule has 0 bridgehead atoms. The molecule has 7 nitrogen and oxygen atoms in total. The number of fused-ring (bicyclic) bond motifs is 1. The van der Waals surface area contributed by atoms with E-state index in [1.165, 1.54) is 6.07 Å². The zero-order valence-corrected chi connectivity index (χ0v) is 18.6. The van der Waals surface area contributed by atoms with E-state index in [2.05, 4.69) is 9.97 Å². The predicted molar refractivity (Wildman–Crippen MR) is 117 cm³/mol. The molecule has 1 amide bonds. The predicted octanol–water partition coefficient (Wildman–Crippen LogP) is 5.13. The Kier molecular flexibility index (Phi) is 5.51. The van der Waals surface area contributed by atoms with E-state index in [0.29, 0.717) is 53.0 Å². The SMILES string of the molecule is CC1CN(C(=O)OC(C)(C)C)CCN1c1nc2cc(Cl)cc(-c3cccc(F)n3)c2o1. The Labute approximate surface area is 184 Å². The highest BCUT2D eigenvalue weighted by molar-refractivity contribution is 6.31. The number of nitrogens with zero attached hydrogens (tertiary/aromatic N) is 4. The molecule has 2 aromatic heterocycles. The molecule has 0 saturated carbocycles. The molecule has 3 aromatic rings. The number of piperazine rings is 1. The second kappa shape index (κ2) is 8.00. The molecular weight excluding hydrogens is 423 g/mol. The Morgan fingerprint density at radius 3 is 2.71 bits per heavy atom. The molecule has 1 aliphatic heterocycles. The van der Waals surface area contributed by atoms with E-state index >= 15 is 0 Å². The fourth-order valence-corrected chi connectivity index (χ4v) is 3.80. The van der Waals surface area contributed by atoms with Gasteiger partial charge >= 0.3 is 6.09 Å². The van der Waals surface area contributed by atoms with E-state index in [0.717, 1.165) is 0 Å². The van der Waals surface area contributed by atoms with Crippen molar-refractivity contribution in [2.24, 2.45) is 0 Å². The Morgan fingerprint density at radius 1 is 1.26 bits per heavy atom. The molecule has 0 aliphatic carbocycles. The van der Waals surface area contributed by atoms with Crippen molar-refractivity contribution in [2.45, 2.75) is 39.3 Å². The maximum Gasteiger partial charge on any atom is 0.410 e. The van der Waals surface area contributed by atoms with Gasteiger partial charge in [-0.2, -0.15) is 9.37 Å². The molecule has 0 N–H and O–H groups in total. The van der Waals surface area contributed by atoms with Crippen molar-refractivity contribution in [3.63, 3.8) is 0 Å². The van der Waals surface area contributed by atoms with Crippen LogP contribution in [-0.2, 0) is 4.74 Å². The van der Waals surface area contributed by atoms with Crippen LogP contribution in [0.5, 0.6) is 0 Å². The molecule has 1 aromatic carbocycles. The fourth-order valence-electron chi connectivity index (χ4n) is 3.59. The largest absolute Gasteiger partial charge is 0.444 e. The maximum absolute atomic E-state index is 13.7. The molecule has 0 radical (unpaired) electrons. The Bertz CT molecular complexity index is 1130. The van der Waals surface area contributed by atoms with Gasteiger partial charge in [-0.25, -0.2) is 9.78 Å². The first-order valence-electron chi connectivity index (χ1n) is 10.1. The second-order valence-corrected chi connectivity index (χ2v) is 9.05. The minimum absolute atomic E-state index is 0.0412. The van der Waals surface area contributed by atoms with Crippen molar-refractivity contribution in [3.05, 3.63) is 41.3 Å². The fraction of sp³-hybridized carbons (Fsp3) is 0.409. The van der Waals surface area contributed by atoms with Crippen molar-refractivity contribution in [1.29, 1.82) is 0 Å². The summed E-state index contributed by atoms with van der Waals surface area (Å²) in [5.74, 6) is -0.586. The molecule has 31 heavy (non-hydrogen) atoms. The lowest BCUT2D eigenvalue weighted by Gasteiger charge is -2.39. The minimum atomic E-state index is -0.586. The molecule has 0 spiro atoms. The van der Waals surface area contributed by atoms with Crippen molar-refractivity contribution in [1.82, 2.24) is 14.9 Å². The van der Waals surface area contributed by atoms with Crippen LogP contribution in [0.1, 0.15) is 27.7 Å². The number of hydrogen-bond acceptors (Lipinski definition) is 6. The van der Waals surface area contributed by atoms with Gasteiger partial charge in [0.25, 0.3) is 6.01 Å². The third-order valence-corrected chi connectivity index (χ3v) is 5.18. The van der Waals surface area contributed by atoms with Gasteiger partial charge in [0.1, 0.15) is 11.1 Å². The molecular formula is C22H24ClFN4O3. The zero-order chi connectivity index (χ0) is 22.3. The summed E-state index contributed by atoms with van der Waals surface area (Å²) in [6, 6.07) is 8.33. The summed E-state index contributed by atoms with van der Waals surface area (Å²) in [7, 11) is 0. The summed E-state index contributed by atoms with van der Waals surface area (Å²) in [5, 5.41) is 0.455. The number of rotatable bonds is 2. The van der Waals surface area contributed by atoms with E-state index in [4.69, 9.17) is 20.8 Å². The topological polar surface area (TPSA) is 71.7 Å². The average molecular weight is 447 g/mol. The van der Waals surface area contributed by atoms with Gasteiger partial charge < -0.3 is 19.0 Å². The van der Waals surface area contributed by atoms with E-state index in [1.54, 1.807) is 29.2 Å². The van der Waals surface area contributed by atoms with Gasteiger partial charge in [-0.15, -0.1) is 0 Å². The molecule has 1 unspecified atom stereocenters. The normalized spacial score (nSPS) is 17.3. The lowest BCUT2D eigenvalue weighted by Crippen LogP contribution is -2.54. The van der Waals surface area contributed by atoms with Crippen molar-refractivity contribution < 1.29 is 18.3 Å².